The van der Waals surface area contributed by atoms with E-state index in [4.69, 9.17) is 16.3 Å². The van der Waals surface area contributed by atoms with Gasteiger partial charge in [-0.05, 0) is 43.7 Å². The molecule has 132 valence electrons. The fourth-order valence-corrected chi connectivity index (χ4v) is 2.55. The van der Waals surface area contributed by atoms with Gasteiger partial charge in [-0.25, -0.2) is 9.79 Å². The number of rotatable bonds is 4. The van der Waals surface area contributed by atoms with Crippen LogP contribution in [0.1, 0.15) is 13.8 Å². The van der Waals surface area contributed by atoms with Crippen LogP contribution in [0, 0.1) is 0 Å². The number of alkyl carbamates (subject to hydrolysis) is 1. The lowest BCUT2D eigenvalue weighted by molar-refractivity contribution is -0.111. The van der Waals surface area contributed by atoms with Crippen molar-refractivity contribution in [3.8, 4) is 0 Å². The van der Waals surface area contributed by atoms with Crippen molar-refractivity contribution in [3.05, 3.63) is 46.6 Å². The van der Waals surface area contributed by atoms with Gasteiger partial charge in [-0.2, -0.15) is 0 Å². The second-order valence-electron chi connectivity index (χ2n) is 5.62. The number of hydrogen-bond acceptors (Lipinski definition) is 5. The fourth-order valence-electron chi connectivity index (χ4n) is 2.21. The van der Waals surface area contributed by atoms with E-state index in [1.165, 1.54) is 6.08 Å². The Bertz CT molecular complexity index is 795. The van der Waals surface area contributed by atoms with Crippen molar-refractivity contribution in [2.75, 3.05) is 25.6 Å². The Morgan fingerprint density at radius 3 is 2.64 bits per heavy atom. The lowest BCUT2D eigenvalue weighted by Gasteiger charge is -2.16. The van der Waals surface area contributed by atoms with Crippen molar-refractivity contribution in [1.29, 1.82) is 0 Å². The molecule has 6 nitrogen and oxygen atoms in total. The van der Waals surface area contributed by atoms with Crippen LogP contribution in [0.25, 0.3) is 0 Å². The van der Waals surface area contributed by atoms with Crippen molar-refractivity contribution >= 4 is 40.6 Å². The number of nitrogens with zero attached hydrogens (tertiary/aromatic N) is 2. The Labute approximate surface area is 151 Å². The van der Waals surface area contributed by atoms with E-state index in [0.29, 0.717) is 27.7 Å². The van der Waals surface area contributed by atoms with Crippen molar-refractivity contribution in [2.45, 2.75) is 13.8 Å². The van der Waals surface area contributed by atoms with Gasteiger partial charge >= 0.3 is 6.09 Å². The number of allylic oxidation sites excluding steroid dienone is 3. The molecule has 25 heavy (non-hydrogen) atoms. The largest absolute Gasteiger partial charge is 0.450 e. The van der Waals surface area contributed by atoms with Crippen LogP contribution in [0.3, 0.4) is 0 Å². The van der Waals surface area contributed by atoms with Gasteiger partial charge in [0.15, 0.2) is 5.78 Å². The van der Waals surface area contributed by atoms with Crippen molar-refractivity contribution in [1.82, 2.24) is 5.32 Å². The second kappa shape index (κ2) is 7.98. The molecule has 0 fully saturated rings. The third-order valence-corrected chi connectivity index (χ3v) is 3.77. The molecular weight excluding hydrogens is 342 g/mol. The predicted molar refractivity (Wildman–Crippen MR) is 99.9 cm³/mol. The number of ether oxygens (including phenoxy) is 1. The van der Waals surface area contributed by atoms with Gasteiger partial charge in [-0.1, -0.05) is 11.6 Å². The number of benzene rings is 1. The van der Waals surface area contributed by atoms with E-state index in [-0.39, 0.29) is 12.4 Å². The van der Waals surface area contributed by atoms with Crippen LogP contribution in [0.2, 0.25) is 5.02 Å². The molecule has 1 aliphatic carbocycles. The first-order chi connectivity index (χ1) is 11.8. The molecule has 7 heteroatoms. The van der Waals surface area contributed by atoms with Gasteiger partial charge in [0, 0.05) is 20.2 Å². The number of halogens is 1. The van der Waals surface area contributed by atoms with Crippen LogP contribution in [-0.2, 0) is 9.53 Å². The average molecular weight is 362 g/mol. The predicted octanol–water partition coefficient (Wildman–Crippen LogP) is 3.64. The summed E-state index contributed by atoms with van der Waals surface area (Å²) >= 11 is 6.27. The highest BCUT2D eigenvalue weighted by atomic mass is 35.5. The van der Waals surface area contributed by atoms with Gasteiger partial charge < -0.3 is 9.64 Å². The smallest absolute Gasteiger partial charge is 0.411 e. The molecule has 0 aliphatic heterocycles. The third-order valence-electron chi connectivity index (χ3n) is 3.47. The summed E-state index contributed by atoms with van der Waals surface area (Å²) < 4.78 is 4.86. The standard InChI is InChI=1S/C18H20ClN3O3/c1-5-25-18(24)21-15-10-17(23)11(2)8-14(15)20-12-6-7-16(22(3)4)13(19)9-12/h6-10H,5H2,1-4H3,(H,21,24). The lowest BCUT2D eigenvalue weighted by atomic mass is 10.0. The molecule has 1 aromatic rings. The summed E-state index contributed by atoms with van der Waals surface area (Å²) in [6, 6.07) is 5.40. The molecule has 0 saturated heterocycles. The number of ketones is 1. The van der Waals surface area contributed by atoms with Gasteiger partial charge in [0.2, 0.25) is 0 Å². The van der Waals surface area contributed by atoms with Gasteiger partial charge in [0.05, 0.1) is 34.4 Å². The normalized spacial score (nSPS) is 15.6. The highest BCUT2D eigenvalue weighted by molar-refractivity contribution is 6.33. The number of anilines is 1. The maximum absolute atomic E-state index is 11.9. The van der Waals surface area contributed by atoms with Crippen LogP contribution in [0.4, 0.5) is 16.2 Å². The number of hydrogen-bond donors (Lipinski definition) is 1. The zero-order valence-electron chi connectivity index (χ0n) is 14.6. The molecule has 0 spiro atoms. The van der Waals surface area contributed by atoms with E-state index in [0.717, 1.165) is 5.69 Å². The quantitative estimate of drug-likeness (QED) is 0.831. The average Bonchev–Trinajstić information content (AvgIpc) is 2.52. The van der Waals surface area contributed by atoms with Crippen molar-refractivity contribution in [2.24, 2.45) is 4.99 Å². The van der Waals surface area contributed by atoms with E-state index >= 15 is 0 Å². The van der Waals surface area contributed by atoms with Gasteiger partial charge in [0.25, 0.3) is 0 Å². The van der Waals surface area contributed by atoms with E-state index in [1.807, 2.05) is 31.1 Å². The number of amides is 1. The topological polar surface area (TPSA) is 71.0 Å². The molecule has 0 atom stereocenters. The number of nitrogens with one attached hydrogen (secondary N) is 1. The van der Waals surface area contributed by atoms with E-state index in [9.17, 15) is 9.59 Å². The second-order valence-corrected chi connectivity index (χ2v) is 6.03. The maximum Gasteiger partial charge on any atom is 0.411 e. The molecule has 2 rings (SSSR count). The van der Waals surface area contributed by atoms with Crippen LogP contribution in [0.15, 0.2) is 46.6 Å². The van der Waals surface area contributed by atoms with E-state index in [1.54, 1.807) is 26.0 Å². The molecular formula is C18H20ClN3O3. The van der Waals surface area contributed by atoms with Crippen LogP contribution < -0.4 is 10.2 Å². The van der Waals surface area contributed by atoms with Crippen LogP contribution in [-0.4, -0.2) is 38.3 Å². The third kappa shape index (κ3) is 4.70. The molecule has 0 saturated carbocycles. The summed E-state index contributed by atoms with van der Waals surface area (Å²) in [6.45, 7) is 3.63. The summed E-state index contributed by atoms with van der Waals surface area (Å²) in [4.78, 5) is 30.0. The first kappa shape index (κ1) is 18.7. The molecule has 1 aliphatic rings. The maximum atomic E-state index is 11.9. The van der Waals surface area contributed by atoms with Crippen molar-refractivity contribution < 1.29 is 14.3 Å². The Balaban J connectivity index is 2.37. The number of aliphatic imine (C=N–C) groups is 1. The van der Waals surface area contributed by atoms with Crippen LogP contribution >= 0.6 is 11.6 Å². The minimum Gasteiger partial charge on any atom is -0.450 e. The zero-order valence-corrected chi connectivity index (χ0v) is 15.3. The Morgan fingerprint density at radius 2 is 2.04 bits per heavy atom. The minimum atomic E-state index is -0.636. The van der Waals surface area contributed by atoms with Gasteiger partial charge in [-0.3, -0.25) is 10.1 Å². The van der Waals surface area contributed by atoms with E-state index < -0.39 is 6.09 Å². The monoisotopic (exact) mass is 361 g/mol. The molecule has 1 amide bonds. The van der Waals surface area contributed by atoms with Crippen LogP contribution in [0.5, 0.6) is 0 Å². The van der Waals surface area contributed by atoms with Gasteiger partial charge in [0.1, 0.15) is 0 Å². The first-order valence-corrected chi connectivity index (χ1v) is 8.13. The SMILES string of the molecule is CCOC(=O)NC1=CC(=O)C(C)=CC1=Nc1ccc(N(C)C)c(Cl)c1. The summed E-state index contributed by atoms with van der Waals surface area (Å²) in [7, 11) is 3.80. The molecule has 1 aromatic carbocycles. The van der Waals surface area contributed by atoms with Crippen molar-refractivity contribution in [3.63, 3.8) is 0 Å². The lowest BCUT2D eigenvalue weighted by Crippen LogP contribution is -2.30. The fraction of sp³-hybridized carbons (Fsp3) is 0.278. The zero-order chi connectivity index (χ0) is 18.6. The summed E-state index contributed by atoms with van der Waals surface area (Å²) in [5.41, 5.74) is 2.77. The molecule has 0 unspecified atom stereocenters. The molecule has 0 aromatic heterocycles. The molecule has 1 N–H and O–H groups in total. The number of carbonyl (C=O) groups is 2. The van der Waals surface area contributed by atoms with E-state index in [2.05, 4.69) is 10.3 Å². The highest BCUT2D eigenvalue weighted by Gasteiger charge is 2.18. The first-order valence-electron chi connectivity index (χ1n) is 7.76. The minimum absolute atomic E-state index is 0.188. The Kier molecular flexibility index (Phi) is 5.98. The summed E-state index contributed by atoms with van der Waals surface area (Å²) in [6.07, 6.45) is 2.32. The molecule has 0 bridgehead atoms. The molecule has 0 radical (unpaired) electrons. The summed E-state index contributed by atoms with van der Waals surface area (Å²) in [5, 5.41) is 3.11. The summed E-state index contributed by atoms with van der Waals surface area (Å²) in [5.74, 6) is -0.188. The van der Waals surface area contributed by atoms with Gasteiger partial charge in [-0.15, -0.1) is 0 Å². The Morgan fingerprint density at radius 1 is 1.32 bits per heavy atom. The highest BCUT2D eigenvalue weighted by Crippen LogP contribution is 2.29. The molecule has 0 heterocycles. The number of carbonyl (C=O) groups excluding carboxylic acids is 2. The Hall–Kier alpha value is -2.60.